The number of hydrogen-bond donors (Lipinski definition) is 1. The molecule has 3 aromatic rings. The van der Waals surface area contributed by atoms with Gasteiger partial charge in [0.2, 0.25) is 0 Å². The van der Waals surface area contributed by atoms with Gasteiger partial charge in [0.15, 0.2) is 11.5 Å². The summed E-state index contributed by atoms with van der Waals surface area (Å²) in [5.74, 6) is 1.68. The number of aryl methyl sites for hydroxylation is 1. The van der Waals surface area contributed by atoms with Gasteiger partial charge in [0.1, 0.15) is 18.6 Å². The molecule has 0 spiro atoms. The Kier molecular flexibility index (Phi) is 6.94. The number of nitrogens with zero attached hydrogens (tertiary/aromatic N) is 3. The minimum atomic E-state index is -0.502. The Morgan fingerprint density at radius 3 is 2.57 bits per heavy atom. The van der Waals surface area contributed by atoms with Gasteiger partial charge in [0.25, 0.3) is 5.69 Å². The van der Waals surface area contributed by atoms with Crippen molar-refractivity contribution < 1.29 is 14.4 Å². The number of benzene rings is 2. The molecule has 0 aliphatic carbocycles. The zero-order valence-electron chi connectivity index (χ0n) is 16.7. The van der Waals surface area contributed by atoms with Gasteiger partial charge < -0.3 is 9.47 Å². The van der Waals surface area contributed by atoms with Crippen LogP contribution in [-0.2, 0) is 6.61 Å². The van der Waals surface area contributed by atoms with Gasteiger partial charge >= 0.3 is 0 Å². The number of nitro groups is 1. The van der Waals surface area contributed by atoms with Crippen LogP contribution >= 0.6 is 0 Å². The van der Waals surface area contributed by atoms with Crippen LogP contribution in [0.4, 0.5) is 11.5 Å². The number of rotatable bonds is 9. The van der Waals surface area contributed by atoms with E-state index in [-0.39, 0.29) is 5.69 Å². The Morgan fingerprint density at radius 2 is 1.90 bits per heavy atom. The van der Waals surface area contributed by atoms with Crippen molar-refractivity contribution in [3.8, 4) is 11.5 Å². The summed E-state index contributed by atoms with van der Waals surface area (Å²) in [7, 11) is 0. The van der Waals surface area contributed by atoms with Crippen LogP contribution in [0, 0.1) is 17.0 Å². The van der Waals surface area contributed by atoms with Gasteiger partial charge in [-0.25, -0.2) is 4.98 Å². The van der Waals surface area contributed by atoms with Crippen molar-refractivity contribution in [1.29, 1.82) is 0 Å². The van der Waals surface area contributed by atoms with Crippen molar-refractivity contribution in [1.82, 2.24) is 4.98 Å². The average molecular weight is 406 g/mol. The molecule has 0 unspecified atom stereocenters. The topological polar surface area (TPSA) is 98.9 Å². The van der Waals surface area contributed by atoms with Gasteiger partial charge in [-0.15, -0.1) is 0 Å². The molecule has 8 heteroatoms. The molecule has 2 aromatic carbocycles. The van der Waals surface area contributed by atoms with E-state index >= 15 is 0 Å². The number of aromatic nitrogens is 1. The monoisotopic (exact) mass is 406 g/mol. The summed E-state index contributed by atoms with van der Waals surface area (Å²) in [5, 5.41) is 14.8. The van der Waals surface area contributed by atoms with Crippen LogP contribution in [0.3, 0.4) is 0 Å². The summed E-state index contributed by atoms with van der Waals surface area (Å²) in [5.41, 5.74) is 5.75. The minimum absolute atomic E-state index is 0.0767. The highest BCUT2D eigenvalue weighted by Gasteiger charge is 2.07. The molecule has 0 saturated heterocycles. The summed E-state index contributed by atoms with van der Waals surface area (Å²) >= 11 is 0. The maximum absolute atomic E-state index is 10.7. The van der Waals surface area contributed by atoms with Crippen LogP contribution < -0.4 is 14.9 Å². The zero-order chi connectivity index (χ0) is 21.3. The lowest BCUT2D eigenvalue weighted by Crippen LogP contribution is -2.01. The second kappa shape index (κ2) is 10.0. The second-order valence-corrected chi connectivity index (χ2v) is 6.44. The first kappa shape index (κ1) is 20.8. The van der Waals surface area contributed by atoms with Gasteiger partial charge in [0, 0.05) is 6.07 Å². The summed E-state index contributed by atoms with van der Waals surface area (Å²) in [6, 6.07) is 16.6. The van der Waals surface area contributed by atoms with E-state index in [4.69, 9.17) is 9.47 Å². The van der Waals surface area contributed by atoms with Crippen LogP contribution in [-0.4, -0.2) is 22.7 Å². The second-order valence-electron chi connectivity index (χ2n) is 6.44. The Hall–Kier alpha value is -3.94. The predicted octanol–water partition coefficient (Wildman–Crippen LogP) is 4.72. The van der Waals surface area contributed by atoms with Crippen LogP contribution in [0.15, 0.2) is 65.9 Å². The first-order valence-electron chi connectivity index (χ1n) is 9.40. The van der Waals surface area contributed by atoms with Gasteiger partial charge in [-0.2, -0.15) is 5.10 Å². The summed E-state index contributed by atoms with van der Waals surface area (Å²) in [6.45, 7) is 4.91. The lowest BCUT2D eigenvalue weighted by atomic mass is 10.2. The average Bonchev–Trinajstić information content (AvgIpc) is 2.75. The highest BCUT2D eigenvalue weighted by atomic mass is 16.6. The van der Waals surface area contributed by atoms with E-state index in [0.717, 1.165) is 11.1 Å². The number of nitrogens with one attached hydrogen (secondary N) is 1. The van der Waals surface area contributed by atoms with Crippen molar-refractivity contribution in [2.45, 2.75) is 20.5 Å². The molecular weight excluding hydrogens is 384 g/mol. The number of hydrazone groups is 1. The van der Waals surface area contributed by atoms with Gasteiger partial charge in [-0.05, 0) is 49.2 Å². The fourth-order valence-corrected chi connectivity index (χ4v) is 2.57. The molecule has 8 nitrogen and oxygen atoms in total. The molecule has 0 radical (unpaired) electrons. The Labute approximate surface area is 174 Å². The van der Waals surface area contributed by atoms with Crippen LogP contribution in [0.5, 0.6) is 11.5 Å². The molecule has 30 heavy (non-hydrogen) atoms. The number of pyridine rings is 1. The molecule has 0 amide bonds. The lowest BCUT2D eigenvalue weighted by Gasteiger charge is -2.12. The molecule has 0 aliphatic rings. The number of ether oxygens (including phenoxy) is 2. The van der Waals surface area contributed by atoms with E-state index in [2.05, 4.69) is 27.6 Å². The highest BCUT2D eigenvalue weighted by molar-refractivity contribution is 5.81. The Balaban J connectivity index is 1.65. The standard InChI is InChI=1S/C22H22N4O4/c1-3-29-21-12-18(13-24-25-22-11-9-19(14-23-22)26(27)28)8-10-20(21)30-15-17-6-4-16(2)5-7-17/h4-14H,3,15H2,1-2H3,(H,23,25)/b24-13+. The van der Waals surface area contributed by atoms with Crippen molar-refractivity contribution in [3.63, 3.8) is 0 Å². The first-order valence-corrected chi connectivity index (χ1v) is 9.40. The first-order chi connectivity index (χ1) is 14.5. The summed E-state index contributed by atoms with van der Waals surface area (Å²) in [4.78, 5) is 14.1. The van der Waals surface area contributed by atoms with E-state index in [9.17, 15) is 10.1 Å². The quantitative estimate of drug-likeness (QED) is 0.314. The summed E-state index contributed by atoms with van der Waals surface area (Å²) in [6.07, 6.45) is 2.78. The third-order valence-electron chi connectivity index (χ3n) is 4.13. The molecule has 1 heterocycles. The number of anilines is 1. The van der Waals surface area contributed by atoms with Crippen LogP contribution in [0.1, 0.15) is 23.6 Å². The van der Waals surface area contributed by atoms with Gasteiger partial charge in [-0.1, -0.05) is 29.8 Å². The van der Waals surface area contributed by atoms with Crippen LogP contribution in [0.25, 0.3) is 0 Å². The molecule has 1 N–H and O–H groups in total. The molecular formula is C22H22N4O4. The van der Waals surface area contributed by atoms with E-state index in [1.54, 1.807) is 6.21 Å². The number of hydrogen-bond acceptors (Lipinski definition) is 7. The maximum Gasteiger partial charge on any atom is 0.287 e. The molecule has 0 fully saturated rings. The van der Waals surface area contributed by atoms with Crippen molar-refractivity contribution in [3.05, 3.63) is 87.6 Å². The maximum atomic E-state index is 10.7. The Morgan fingerprint density at radius 1 is 1.10 bits per heavy atom. The third-order valence-corrected chi connectivity index (χ3v) is 4.13. The molecule has 0 bridgehead atoms. The van der Waals surface area contributed by atoms with E-state index < -0.39 is 4.92 Å². The zero-order valence-corrected chi connectivity index (χ0v) is 16.7. The molecule has 1 aromatic heterocycles. The Bertz CT molecular complexity index is 1020. The molecule has 0 atom stereocenters. The molecule has 3 rings (SSSR count). The summed E-state index contributed by atoms with van der Waals surface area (Å²) < 4.78 is 11.6. The van der Waals surface area contributed by atoms with E-state index in [1.807, 2.05) is 44.2 Å². The largest absolute Gasteiger partial charge is 0.490 e. The van der Waals surface area contributed by atoms with Crippen LogP contribution in [0.2, 0.25) is 0 Å². The molecule has 0 aliphatic heterocycles. The van der Waals surface area contributed by atoms with Gasteiger partial charge in [0.05, 0.1) is 17.7 Å². The fourth-order valence-electron chi connectivity index (χ4n) is 2.57. The van der Waals surface area contributed by atoms with E-state index in [1.165, 1.54) is 23.9 Å². The molecule has 154 valence electrons. The van der Waals surface area contributed by atoms with Crippen molar-refractivity contribution >= 4 is 17.7 Å². The van der Waals surface area contributed by atoms with Gasteiger partial charge in [-0.3, -0.25) is 15.5 Å². The lowest BCUT2D eigenvalue weighted by molar-refractivity contribution is -0.385. The van der Waals surface area contributed by atoms with Crippen molar-refractivity contribution in [2.75, 3.05) is 12.0 Å². The molecule has 0 saturated carbocycles. The van der Waals surface area contributed by atoms with E-state index in [0.29, 0.717) is 30.5 Å². The normalized spacial score (nSPS) is 10.7. The third kappa shape index (κ3) is 5.78. The smallest absolute Gasteiger partial charge is 0.287 e. The predicted molar refractivity (Wildman–Crippen MR) is 115 cm³/mol. The SMILES string of the molecule is CCOc1cc(/C=N/Nc2ccc([N+](=O)[O-])cn2)ccc1OCc1ccc(C)cc1. The fraction of sp³-hybridized carbons (Fsp3) is 0.182. The van der Waals surface area contributed by atoms with Crippen molar-refractivity contribution in [2.24, 2.45) is 5.10 Å². The minimum Gasteiger partial charge on any atom is -0.490 e. The highest BCUT2D eigenvalue weighted by Crippen LogP contribution is 2.29.